The van der Waals surface area contributed by atoms with Crippen molar-refractivity contribution in [3.05, 3.63) is 35.6 Å². The summed E-state index contributed by atoms with van der Waals surface area (Å²) in [4.78, 5) is 11.9. The van der Waals surface area contributed by atoms with Crippen LogP contribution >= 0.6 is 0 Å². The van der Waals surface area contributed by atoms with Gasteiger partial charge in [0.2, 0.25) is 5.91 Å². The van der Waals surface area contributed by atoms with E-state index in [9.17, 15) is 9.18 Å². The molecule has 0 spiro atoms. The van der Waals surface area contributed by atoms with Gasteiger partial charge in [0.05, 0.1) is 6.04 Å². The number of carbonyl (C=O) groups is 1. The van der Waals surface area contributed by atoms with E-state index >= 15 is 0 Å². The summed E-state index contributed by atoms with van der Waals surface area (Å²) < 4.78 is 13.0. The fraction of sp³-hybridized carbons (Fsp3) is 0.562. The van der Waals surface area contributed by atoms with E-state index in [-0.39, 0.29) is 29.1 Å². The zero-order valence-electron chi connectivity index (χ0n) is 12.5. The van der Waals surface area contributed by atoms with Gasteiger partial charge in [-0.1, -0.05) is 46.8 Å². The van der Waals surface area contributed by atoms with Gasteiger partial charge < -0.3 is 5.32 Å². The molecule has 1 amide bonds. The average Bonchev–Trinajstić information content (AvgIpc) is 2.27. The second kappa shape index (κ2) is 6.18. The first-order valence-corrected chi connectivity index (χ1v) is 6.75. The number of carbonyl (C=O) groups excluding carboxylic acids is 1. The van der Waals surface area contributed by atoms with E-state index in [2.05, 4.69) is 26.1 Å². The number of halogens is 1. The zero-order chi connectivity index (χ0) is 14.6. The summed E-state index contributed by atoms with van der Waals surface area (Å²) in [6, 6.07) is 6.29. The minimum atomic E-state index is -0.256. The monoisotopic (exact) mass is 265 g/mol. The van der Waals surface area contributed by atoms with Crippen molar-refractivity contribution in [2.24, 2.45) is 11.3 Å². The SMILES string of the molecule is CC(C)C(=O)N[C@H](CC(C)(C)C)c1ccc(F)cc1. The number of hydrogen-bond donors (Lipinski definition) is 1. The highest BCUT2D eigenvalue weighted by molar-refractivity contribution is 5.78. The summed E-state index contributed by atoms with van der Waals surface area (Å²) in [5.41, 5.74) is 1.04. The molecule has 1 aromatic rings. The zero-order valence-corrected chi connectivity index (χ0v) is 12.5. The number of nitrogens with one attached hydrogen (secondary N) is 1. The standard InChI is InChI=1S/C16H24FNO/c1-11(2)15(19)18-14(10-16(3,4)5)12-6-8-13(17)9-7-12/h6-9,11,14H,10H2,1-5H3,(H,18,19)/t14-/m1/s1. The molecule has 0 aliphatic carbocycles. The van der Waals surface area contributed by atoms with Crippen molar-refractivity contribution in [2.45, 2.75) is 47.1 Å². The maximum absolute atomic E-state index is 13.0. The summed E-state index contributed by atoms with van der Waals surface area (Å²) >= 11 is 0. The molecule has 0 heterocycles. The molecule has 19 heavy (non-hydrogen) atoms. The summed E-state index contributed by atoms with van der Waals surface area (Å²) in [6.45, 7) is 10.1. The first-order valence-electron chi connectivity index (χ1n) is 6.75. The van der Waals surface area contributed by atoms with Gasteiger partial charge in [0.25, 0.3) is 0 Å². The molecule has 0 aromatic heterocycles. The van der Waals surface area contributed by atoms with E-state index < -0.39 is 0 Å². The first-order chi connectivity index (χ1) is 8.69. The van der Waals surface area contributed by atoms with Crippen LogP contribution in [0.1, 0.15) is 52.6 Å². The molecule has 0 fully saturated rings. The second-order valence-corrected chi connectivity index (χ2v) is 6.53. The molecular formula is C16H24FNO. The van der Waals surface area contributed by atoms with Crippen LogP contribution in [0.5, 0.6) is 0 Å². The minimum Gasteiger partial charge on any atom is -0.349 e. The van der Waals surface area contributed by atoms with E-state index in [1.54, 1.807) is 12.1 Å². The molecule has 1 N–H and O–H groups in total. The fourth-order valence-electron chi connectivity index (χ4n) is 1.90. The van der Waals surface area contributed by atoms with Crippen molar-refractivity contribution in [3.63, 3.8) is 0 Å². The minimum absolute atomic E-state index is 0.0265. The predicted molar refractivity (Wildman–Crippen MR) is 76.2 cm³/mol. The van der Waals surface area contributed by atoms with Crippen molar-refractivity contribution >= 4 is 5.91 Å². The van der Waals surface area contributed by atoms with Crippen LogP contribution in [0.3, 0.4) is 0 Å². The molecule has 0 bridgehead atoms. The third-order valence-electron chi connectivity index (χ3n) is 2.93. The van der Waals surface area contributed by atoms with Crippen LogP contribution in [0.25, 0.3) is 0 Å². The third-order valence-corrected chi connectivity index (χ3v) is 2.93. The Morgan fingerprint density at radius 2 is 1.74 bits per heavy atom. The van der Waals surface area contributed by atoms with Gasteiger partial charge >= 0.3 is 0 Å². The van der Waals surface area contributed by atoms with Crippen molar-refractivity contribution in [1.29, 1.82) is 0 Å². The Morgan fingerprint density at radius 3 is 2.16 bits per heavy atom. The molecular weight excluding hydrogens is 241 g/mol. The molecule has 106 valence electrons. The summed E-state index contributed by atoms with van der Waals surface area (Å²) in [5.74, 6) is -0.282. The topological polar surface area (TPSA) is 29.1 Å². The van der Waals surface area contributed by atoms with Crippen LogP contribution in [-0.2, 0) is 4.79 Å². The molecule has 0 aliphatic heterocycles. The molecule has 0 aliphatic rings. The predicted octanol–water partition coefficient (Wildman–Crippen LogP) is 4.08. The molecule has 0 saturated heterocycles. The van der Waals surface area contributed by atoms with E-state index in [0.29, 0.717) is 0 Å². The van der Waals surface area contributed by atoms with E-state index in [0.717, 1.165) is 12.0 Å². The Kier molecular flexibility index (Phi) is 5.10. The van der Waals surface area contributed by atoms with Crippen LogP contribution in [-0.4, -0.2) is 5.91 Å². The van der Waals surface area contributed by atoms with Crippen LogP contribution in [0, 0.1) is 17.2 Å². The largest absolute Gasteiger partial charge is 0.349 e. The Bertz CT molecular complexity index is 417. The number of rotatable bonds is 4. The maximum atomic E-state index is 13.0. The highest BCUT2D eigenvalue weighted by Crippen LogP contribution is 2.29. The van der Waals surface area contributed by atoms with Crippen LogP contribution < -0.4 is 5.32 Å². The lowest BCUT2D eigenvalue weighted by Crippen LogP contribution is -2.34. The molecule has 0 unspecified atom stereocenters. The normalized spacial score (nSPS) is 13.4. The summed E-state index contributed by atoms with van der Waals surface area (Å²) in [5, 5.41) is 3.05. The lowest BCUT2D eigenvalue weighted by atomic mass is 9.85. The number of benzene rings is 1. The van der Waals surface area contributed by atoms with Crippen molar-refractivity contribution in [3.8, 4) is 0 Å². The Labute approximate surface area is 115 Å². The molecule has 0 radical (unpaired) electrons. The lowest BCUT2D eigenvalue weighted by molar-refractivity contribution is -0.124. The van der Waals surface area contributed by atoms with Crippen molar-refractivity contribution in [1.82, 2.24) is 5.32 Å². The van der Waals surface area contributed by atoms with Gasteiger partial charge in [0.1, 0.15) is 5.82 Å². The first kappa shape index (κ1) is 15.7. The quantitative estimate of drug-likeness (QED) is 0.873. The lowest BCUT2D eigenvalue weighted by Gasteiger charge is -2.28. The van der Waals surface area contributed by atoms with Crippen molar-refractivity contribution in [2.75, 3.05) is 0 Å². The second-order valence-electron chi connectivity index (χ2n) is 6.53. The number of amides is 1. The van der Waals surface area contributed by atoms with Crippen LogP contribution in [0.15, 0.2) is 24.3 Å². The van der Waals surface area contributed by atoms with Crippen molar-refractivity contribution < 1.29 is 9.18 Å². The summed E-state index contributed by atoms with van der Waals surface area (Å²) in [6.07, 6.45) is 0.817. The third kappa shape index (κ3) is 5.41. The average molecular weight is 265 g/mol. The smallest absolute Gasteiger partial charge is 0.223 e. The molecule has 1 atom stereocenters. The van der Waals surface area contributed by atoms with Gasteiger partial charge in [0, 0.05) is 5.92 Å². The highest BCUT2D eigenvalue weighted by Gasteiger charge is 2.22. The highest BCUT2D eigenvalue weighted by atomic mass is 19.1. The molecule has 2 nitrogen and oxygen atoms in total. The molecule has 1 aromatic carbocycles. The number of hydrogen-bond acceptors (Lipinski definition) is 1. The van der Waals surface area contributed by atoms with Crippen LogP contribution in [0.4, 0.5) is 4.39 Å². The fourth-order valence-corrected chi connectivity index (χ4v) is 1.90. The van der Waals surface area contributed by atoms with Gasteiger partial charge in [0.15, 0.2) is 0 Å². The summed E-state index contributed by atoms with van der Waals surface area (Å²) in [7, 11) is 0. The molecule has 0 saturated carbocycles. The van der Waals surface area contributed by atoms with Gasteiger partial charge in [-0.15, -0.1) is 0 Å². The van der Waals surface area contributed by atoms with E-state index in [4.69, 9.17) is 0 Å². The van der Waals surface area contributed by atoms with Gasteiger partial charge in [-0.05, 0) is 29.5 Å². The van der Waals surface area contributed by atoms with Gasteiger partial charge in [-0.3, -0.25) is 4.79 Å². The molecule has 3 heteroatoms. The van der Waals surface area contributed by atoms with Gasteiger partial charge in [-0.25, -0.2) is 4.39 Å². The maximum Gasteiger partial charge on any atom is 0.223 e. The Balaban J connectivity index is 2.92. The Hall–Kier alpha value is -1.38. The molecule has 1 rings (SSSR count). The van der Waals surface area contributed by atoms with E-state index in [1.165, 1.54) is 12.1 Å². The van der Waals surface area contributed by atoms with Crippen LogP contribution in [0.2, 0.25) is 0 Å². The Morgan fingerprint density at radius 1 is 1.21 bits per heavy atom. The van der Waals surface area contributed by atoms with E-state index in [1.807, 2.05) is 13.8 Å². The van der Waals surface area contributed by atoms with Gasteiger partial charge in [-0.2, -0.15) is 0 Å².